The molecule has 0 spiro atoms. The number of hydrogen-bond acceptors (Lipinski definition) is 4. The molecule has 1 aromatic carbocycles. The van der Waals surface area contributed by atoms with Crippen molar-refractivity contribution in [3.05, 3.63) is 33.6 Å². The van der Waals surface area contributed by atoms with Crippen molar-refractivity contribution >= 4 is 15.9 Å². The summed E-state index contributed by atoms with van der Waals surface area (Å²) < 4.78 is 6.09. The molecule has 0 aliphatic rings. The largest absolute Gasteiger partial charge is 0.338 e. The van der Waals surface area contributed by atoms with Gasteiger partial charge in [-0.25, -0.2) is 0 Å². The lowest BCUT2D eigenvalue weighted by Gasteiger charge is -2.04. The van der Waals surface area contributed by atoms with Crippen LogP contribution in [-0.2, 0) is 6.54 Å². The summed E-state index contributed by atoms with van der Waals surface area (Å²) in [5, 5.41) is 3.89. The molecule has 16 heavy (non-hydrogen) atoms. The first kappa shape index (κ1) is 11.3. The van der Waals surface area contributed by atoms with Crippen LogP contribution in [0.4, 0.5) is 0 Å². The molecule has 0 radical (unpaired) electrons. The third kappa shape index (κ3) is 2.01. The summed E-state index contributed by atoms with van der Waals surface area (Å²) in [6.45, 7) is 4.33. The zero-order chi connectivity index (χ0) is 11.7. The van der Waals surface area contributed by atoms with Gasteiger partial charge in [0.2, 0.25) is 11.7 Å². The monoisotopic (exact) mass is 281 g/mol. The fourth-order valence-corrected chi connectivity index (χ4v) is 1.76. The summed E-state index contributed by atoms with van der Waals surface area (Å²) in [6.07, 6.45) is 0. The Hall–Kier alpha value is -1.20. The Labute approximate surface area is 102 Å². The van der Waals surface area contributed by atoms with E-state index in [0.29, 0.717) is 11.7 Å². The summed E-state index contributed by atoms with van der Waals surface area (Å²) in [6, 6.07) is 4.03. The minimum Gasteiger partial charge on any atom is -0.338 e. The van der Waals surface area contributed by atoms with Crippen molar-refractivity contribution in [3.63, 3.8) is 0 Å². The molecule has 0 aliphatic carbocycles. The third-order valence-electron chi connectivity index (χ3n) is 2.34. The van der Waals surface area contributed by atoms with E-state index < -0.39 is 0 Å². The second-order valence-corrected chi connectivity index (χ2v) is 4.43. The fourth-order valence-electron chi connectivity index (χ4n) is 1.53. The number of rotatable bonds is 2. The maximum atomic E-state index is 5.42. The van der Waals surface area contributed by atoms with E-state index in [2.05, 4.69) is 26.1 Å². The summed E-state index contributed by atoms with van der Waals surface area (Å²) in [5.74, 6) is 1.03. The standard InChI is InChI=1S/C11H12BrN3O/c1-6-3-8(4-7(2)10(6)12)11-14-9(5-13)16-15-11/h3-4H,5,13H2,1-2H3. The Balaban J connectivity index is 2.48. The molecule has 0 atom stereocenters. The van der Waals surface area contributed by atoms with Crippen LogP contribution in [0.2, 0.25) is 0 Å². The predicted molar refractivity (Wildman–Crippen MR) is 64.8 cm³/mol. The molecule has 4 nitrogen and oxygen atoms in total. The summed E-state index contributed by atoms with van der Waals surface area (Å²) >= 11 is 3.52. The molecule has 84 valence electrons. The van der Waals surface area contributed by atoms with Gasteiger partial charge in [0, 0.05) is 10.0 Å². The molecule has 2 N–H and O–H groups in total. The van der Waals surface area contributed by atoms with E-state index in [-0.39, 0.29) is 6.54 Å². The van der Waals surface area contributed by atoms with Gasteiger partial charge < -0.3 is 10.3 Å². The van der Waals surface area contributed by atoms with Gasteiger partial charge in [-0.3, -0.25) is 0 Å². The van der Waals surface area contributed by atoms with Crippen LogP contribution in [-0.4, -0.2) is 10.1 Å². The molecule has 2 rings (SSSR count). The topological polar surface area (TPSA) is 64.9 Å². The highest BCUT2D eigenvalue weighted by atomic mass is 79.9. The Kier molecular flexibility index (Phi) is 3.07. The minimum atomic E-state index is 0.265. The van der Waals surface area contributed by atoms with Crippen LogP contribution >= 0.6 is 15.9 Å². The number of benzene rings is 1. The average Bonchev–Trinajstić information content (AvgIpc) is 2.73. The van der Waals surface area contributed by atoms with Crippen LogP contribution in [0.25, 0.3) is 11.4 Å². The van der Waals surface area contributed by atoms with E-state index in [4.69, 9.17) is 10.3 Å². The van der Waals surface area contributed by atoms with Crippen molar-refractivity contribution in [2.24, 2.45) is 5.73 Å². The lowest BCUT2D eigenvalue weighted by Crippen LogP contribution is -1.95. The first-order valence-electron chi connectivity index (χ1n) is 4.91. The molecule has 0 aliphatic heterocycles. The number of nitrogens with two attached hydrogens (primary N) is 1. The third-order valence-corrected chi connectivity index (χ3v) is 3.59. The first-order valence-corrected chi connectivity index (χ1v) is 5.71. The maximum Gasteiger partial charge on any atom is 0.240 e. The molecule has 0 saturated carbocycles. The van der Waals surface area contributed by atoms with Gasteiger partial charge in [-0.15, -0.1) is 0 Å². The van der Waals surface area contributed by atoms with E-state index in [1.165, 1.54) is 0 Å². The molecule has 0 unspecified atom stereocenters. The number of nitrogens with zero attached hydrogens (tertiary/aromatic N) is 2. The summed E-state index contributed by atoms with van der Waals surface area (Å²) in [7, 11) is 0. The second-order valence-electron chi connectivity index (χ2n) is 3.64. The van der Waals surface area contributed by atoms with Crippen molar-refractivity contribution in [1.29, 1.82) is 0 Å². The maximum absolute atomic E-state index is 5.42. The van der Waals surface area contributed by atoms with E-state index in [1.54, 1.807) is 0 Å². The number of aromatic nitrogens is 2. The normalized spacial score (nSPS) is 10.8. The second kappa shape index (κ2) is 4.35. The van der Waals surface area contributed by atoms with E-state index in [9.17, 15) is 0 Å². The van der Waals surface area contributed by atoms with Gasteiger partial charge >= 0.3 is 0 Å². The number of hydrogen-bond donors (Lipinski definition) is 1. The van der Waals surface area contributed by atoms with E-state index in [0.717, 1.165) is 21.2 Å². The van der Waals surface area contributed by atoms with Crippen molar-refractivity contribution in [2.45, 2.75) is 20.4 Å². The van der Waals surface area contributed by atoms with E-state index >= 15 is 0 Å². The Morgan fingerprint density at radius 2 is 1.94 bits per heavy atom. The average molecular weight is 282 g/mol. The van der Waals surface area contributed by atoms with Gasteiger partial charge in [0.1, 0.15) is 0 Å². The molecular formula is C11H12BrN3O. The minimum absolute atomic E-state index is 0.265. The van der Waals surface area contributed by atoms with Gasteiger partial charge in [0.05, 0.1) is 6.54 Å². The lowest BCUT2D eigenvalue weighted by atomic mass is 10.1. The predicted octanol–water partition coefficient (Wildman–Crippen LogP) is 2.57. The van der Waals surface area contributed by atoms with Crippen molar-refractivity contribution in [3.8, 4) is 11.4 Å². The van der Waals surface area contributed by atoms with Gasteiger partial charge in [-0.2, -0.15) is 4.98 Å². The lowest BCUT2D eigenvalue weighted by molar-refractivity contribution is 0.380. The first-order chi connectivity index (χ1) is 7.61. The number of halogens is 1. The van der Waals surface area contributed by atoms with Crippen LogP contribution in [0.5, 0.6) is 0 Å². The number of aryl methyl sites for hydroxylation is 2. The zero-order valence-electron chi connectivity index (χ0n) is 9.12. The van der Waals surface area contributed by atoms with Gasteiger partial charge in [-0.05, 0) is 37.1 Å². The quantitative estimate of drug-likeness (QED) is 0.919. The molecule has 2 aromatic rings. The Morgan fingerprint density at radius 1 is 1.31 bits per heavy atom. The zero-order valence-corrected chi connectivity index (χ0v) is 10.7. The molecule has 1 aromatic heterocycles. The van der Waals surface area contributed by atoms with Crippen molar-refractivity contribution in [1.82, 2.24) is 10.1 Å². The molecular weight excluding hydrogens is 270 g/mol. The fraction of sp³-hybridized carbons (Fsp3) is 0.273. The van der Waals surface area contributed by atoms with E-state index in [1.807, 2.05) is 26.0 Å². The van der Waals surface area contributed by atoms with Gasteiger partial charge in [0.25, 0.3) is 0 Å². The van der Waals surface area contributed by atoms with Gasteiger partial charge in [0.15, 0.2) is 0 Å². The van der Waals surface area contributed by atoms with Crippen molar-refractivity contribution in [2.75, 3.05) is 0 Å². The van der Waals surface area contributed by atoms with Crippen LogP contribution in [0.15, 0.2) is 21.1 Å². The van der Waals surface area contributed by atoms with Crippen LogP contribution < -0.4 is 5.73 Å². The summed E-state index contributed by atoms with van der Waals surface area (Å²) in [4.78, 5) is 4.19. The van der Waals surface area contributed by atoms with Crippen molar-refractivity contribution < 1.29 is 4.52 Å². The molecule has 1 heterocycles. The SMILES string of the molecule is Cc1cc(-c2noc(CN)n2)cc(C)c1Br. The Morgan fingerprint density at radius 3 is 2.44 bits per heavy atom. The Bertz CT molecular complexity index is 499. The molecule has 0 saturated heterocycles. The highest BCUT2D eigenvalue weighted by molar-refractivity contribution is 9.10. The molecule has 5 heteroatoms. The highest BCUT2D eigenvalue weighted by Gasteiger charge is 2.10. The molecule has 0 fully saturated rings. The van der Waals surface area contributed by atoms with Crippen LogP contribution in [0.1, 0.15) is 17.0 Å². The highest BCUT2D eigenvalue weighted by Crippen LogP contribution is 2.26. The van der Waals surface area contributed by atoms with Crippen LogP contribution in [0, 0.1) is 13.8 Å². The van der Waals surface area contributed by atoms with Crippen LogP contribution in [0.3, 0.4) is 0 Å². The molecule has 0 bridgehead atoms. The smallest absolute Gasteiger partial charge is 0.240 e. The van der Waals surface area contributed by atoms with Gasteiger partial charge in [-0.1, -0.05) is 21.1 Å². The molecule has 0 amide bonds. The summed E-state index contributed by atoms with van der Waals surface area (Å²) in [5.41, 5.74) is 8.66.